The second kappa shape index (κ2) is 8.25. The summed E-state index contributed by atoms with van der Waals surface area (Å²) in [5, 5.41) is 11.7. The summed E-state index contributed by atoms with van der Waals surface area (Å²) < 4.78 is 16.7. The quantitative estimate of drug-likeness (QED) is 0.489. The van der Waals surface area contributed by atoms with E-state index in [2.05, 4.69) is 32.3 Å². The molecule has 1 aliphatic carbocycles. The minimum absolute atomic E-state index is 0.188. The number of aryl methyl sites for hydroxylation is 1. The van der Waals surface area contributed by atoms with Crippen molar-refractivity contribution in [1.82, 2.24) is 29.6 Å². The number of carbonyl (C=O) groups is 1. The van der Waals surface area contributed by atoms with Crippen LogP contribution in [0.15, 0.2) is 31.2 Å². The Hall–Kier alpha value is -3.43. The smallest absolute Gasteiger partial charge is 0.246 e. The number of aromatic amines is 1. The van der Waals surface area contributed by atoms with Gasteiger partial charge in [0.15, 0.2) is 0 Å². The highest BCUT2D eigenvalue weighted by Gasteiger charge is 2.33. The van der Waals surface area contributed by atoms with Gasteiger partial charge < -0.3 is 20.5 Å². The molecule has 1 amide bonds. The van der Waals surface area contributed by atoms with E-state index in [1.54, 1.807) is 15.8 Å². The van der Waals surface area contributed by atoms with Gasteiger partial charge in [-0.05, 0) is 43.7 Å². The number of anilines is 3. The minimum atomic E-state index is -1.09. The molecule has 9 nitrogen and oxygen atoms in total. The molecule has 1 saturated heterocycles. The average Bonchev–Trinajstić information content (AvgIpc) is 3.39. The molecular weight excluding hydrogens is 411 g/mol. The summed E-state index contributed by atoms with van der Waals surface area (Å²) in [7, 11) is 0. The average molecular weight is 439 g/mol. The Balaban J connectivity index is 1.48. The topological polar surface area (TPSA) is 104 Å². The van der Waals surface area contributed by atoms with Crippen molar-refractivity contribution in [2.75, 3.05) is 23.7 Å². The molecule has 5 rings (SSSR count). The fourth-order valence-electron chi connectivity index (χ4n) is 4.23. The van der Waals surface area contributed by atoms with Crippen LogP contribution in [0.25, 0.3) is 11.0 Å². The summed E-state index contributed by atoms with van der Waals surface area (Å²) in [4.78, 5) is 26.3. The lowest BCUT2D eigenvalue weighted by Crippen LogP contribution is -2.50. The fourth-order valence-corrected chi connectivity index (χ4v) is 4.23. The van der Waals surface area contributed by atoms with Crippen molar-refractivity contribution in [3.63, 3.8) is 0 Å². The van der Waals surface area contributed by atoms with Gasteiger partial charge in [0.1, 0.15) is 17.6 Å². The summed E-state index contributed by atoms with van der Waals surface area (Å²) in [6, 6.07) is -0.566. The van der Waals surface area contributed by atoms with Gasteiger partial charge >= 0.3 is 0 Å². The summed E-state index contributed by atoms with van der Waals surface area (Å²) >= 11 is 0. The number of fused-ring (bicyclic) bond motifs is 1. The van der Waals surface area contributed by atoms with E-state index in [0.29, 0.717) is 29.9 Å². The van der Waals surface area contributed by atoms with E-state index in [1.807, 2.05) is 19.3 Å². The number of halogens is 1. The van der Waals surface area contributed by atoms with Gasteiger partial charge in [-0.2, -0.15) is 15.1 Å². The van der Waals surface area contributed by atoms with Gasteiger partial charge in [0.25, 0.3) is 0 Å². The third kappa shape index (κ3) is 3.92. The maximum atomic E-state index is 14.9. The summed E-state index contributed by atoms with van der Waals surface area (Å²) in [6.07, 6.45) is 8.27. The first-order valence-corrected chi connectivity index (χ1v) is 11.1. The van der Waals surface area contributed by atoms with E-state index in [1.165, 1.54) is 6.08 Å². The molecule has 3 N–H and O–H groups in total. The molecule has 168 valence electrons. The summed E-state index contributed by atoms with van der Waals surface area (Å²) in [6.45, 7) is 6.96. The molecule has 1 saturated carbocycles. The first kappa shape index (κ1) is 20.5. The standard InChI is InChI=1S/C22H27FN8O/c1-3-18(32)30-8-7-16(23)17(12-30)27-21-19-15(13-5-6-13)10-24-20(19)28-22(29-21)26-14-9-25-31(4-2)11-14/h3,9-11,13,16-17H,1,4-8,12H2,2H3,(H3,24,26,27,28,29). The lowest BCUT2D eigenvalue weighted by Gasteiger charge is -2.35. The zero-order valence-corrected chi connectivity index (χ0v) is 18.0. The molecule has 0 bridgehead atoms. The van der Waals surface area contributed by atoms with E-state index in [-0.39, 0.29) is 18.9 Å². The Labute approximate surface area is 185 Å². The third-order valence-corrected chi connectivity index (χ3v) is 6.13. The lowest BCUT2D eigenvalue weighted by molar-refractivity contribution is -0.127. The number of hydrogen-bond donors (Lipinski definition) is 3. The van der Waals surface area contributed by atoms with Crippen LogP contribution in [-0.2, 0) is 11.3 Å². The molecule has 10 heteroatoms. The van der Waals surface area contributed by atoms with Crippen LogP contribution in [0.1, 0.15) is 37.7 Å². The lowest BCUT2D eigenvalue weighted by atomic mass is 10.0. The Morgan fingerprint density at radius 3 is 2.94 bits per heavy atom. The molecule has 2 aliphatic rings. The number of piperidine rings is 1. The van der Waals surface area contributed by atoms with E-state index in [0.717, 1.165) is 36.0 Å². The van der Waals surface area contributed by atoms with Crippen LogP contribution in [0.2, 0.25) is 0 Å². The number of amides is 1. The molecule has 0 spiro atoms. The highest BCUT2D eigenvalue weighted by molar-refractivity contribution is 5.93. The van der Waals surface area contributed by atoms with Gasteiger partial charge in [-0.3, -0.25) is 9.48 Å². The van der Waals surface area contributed by atoms with Crippen LogP contribution in [-0.4, -0.2) is 60.8 Å². The number of hydrogen-bond acceptors (Lipinski definition) is 6. The Morgan fingerprint density at radius 2 is 2.22 bits per heavy atom. The molecule has 2 atom stereocenters. The van der Waals surface area contributed by atoms with Crippen molar-refractivity contribution in [3.8, 4) is 0 Å². The molecule has 4 heterocycles. The van der Waals surface area contributed by atoms with Crippen molar-refractivity contribution in [2.24, 2.45) is 0 Å². The number of likely N-dealkylation sites (tertiary alicyclic amines) is 1. The second-order valence-electron chi connectivity index (χ2n) is 8.39. The second-order valence-corrected chi connectivity index (χ2v) is 8.39. The fraction of sp³-hybridized carbons (Fsp3) is 0.455. The molecule has 32 heavy (non-hydrogen) atoms. The highest BCUT2D eigenvalue weighted by Crippen LogP contribution is 2.44. The molecule has 1 aliphatic heterocycles. The largest absolute Gasteiger partial charge is 0.362 e. The molecular formula is C22H27FN8O. The minimum Gasteiger partial charge on any atom is -0.362 e. The third-order valence-electron chi connectivity index (χ3n) is 6.13. The number of nitrogens with zero attached hydrogens (tertiary/aromatic N) is 5. The van der Waals surface area contributed by atoms with Gasteiger partial charge in [-0.15, -0.1) is 0 Å². The Bertz CT molecular complexity index is 1150. The normalized spacial score (nSPS) is 21.0. The maximum absolute atomic E-state index is 14.9. The van der Waals surface area contributed by atoms with Gasteiger partial charge in [0.05, 0.1) is 23.3 Å². The summed E-state index contributed by atoms with van der Waals surface area (Å²) in [5.41, 5.74) is 2.62. The first-order chi connectivity index (χ1) is 15.6. The number of rotatable bonds is 7. The van der Waals surface area contributed by atoms with Crippen LogP contribution in [0, 0.1) is 0 Å². The van der Waals surface area contributed by atoms with Crippen LogP contribution < -0.4 is 10.6 Å². The van der Waals surface area contributed by atoms with E-state index >= 15 is 0 Å². The van der Waals surface area contributed by atoms with Crippen molar-refractivity contribution < 1.29 is 9.18 Å². The van der Waals surface area contributed by atoms with Gasteiger partial charge in [0, 0.05) is 32.0 Å². The zero-order chi connectivity index (χ0) is 22.2. The van der Waals surface area contributed by atoms with E-state index in [9.17, 15) is 9.18 Å². The van der Waals surface area contributed by atoms with Crippen LogP contribution in [0.4, 0.5) is 21.8 Å². The van der Waals surface area contributed by atoms with Crippen LogP contribution in [0.5, 0.6) is 0 Å². The van der Waals surface area contributed by atoms with Gasteiger partial charge in [0.2, 0.25) is 11.9 Å². The first-order valence-electron chi connectivity index (χ1n) is 11.1. The van der Waals surface area contributed by atoms with Gasteiger partial charge in [-0.25, -0.2) is 4.39 Å². The molecule has 0 radical (unpaired) electrons. The monoisotopic (exact) mass is 438 g/mol. The van der Waals surface area contributed by atoms with Crippen molar-refractivity contribution in [3.05, 3.63) is 36.8 Å². The zero-order valence-electron chi connectivity index (χ0n) is 18.0. The number of aromatic nitrogens is 5. The maximum Gasteiger partial charge on any atom is 0.246 e. The molecule has 3 aromatic heterocycles. The van der Waals surface area contributed by atoms with Crippen LogP contribution in [0.3, 0.4) is 0 Å². The number of alkyl halides is 1. The number of nitrogens with one attached hydrogen (secondary N) is 3. The van der Waals surface area contributed by atoms with E-state index in [4.69, 9.17) is 4.98 Å². The SMILES string of the molecule is C=CC(=O)N1CCC(F)C(Nc2nc(Nc3cnn(CC)c3)nc3[nH]cc(C4CC4)c23)C1. The van der Waals surface area contributed by atoms with Crippen molar-refractivity contribution in [1.29, 1.82) is 0 Å². The van der Waals surface area contributed by atoms with Crippen molar-refractivity contribution in [2.45, 2.75) is 50.9 Å². The van der Waals surface area contributed by atoms with Crippen LogP contribution >= 0.6 is 0 Å². The number of carbonyl (C=O) groups excluding carboxylic acids is 1. The van der Waals surface area contributed by atoms with E-state index < -0.39 is 12.2 Å². The molecule has 3 aromatic rings. The Kier molecular flexibility index (Phi) is 5.28. The molecule has 2 fully saturated rings. The Morgan fingerprint density at radius 1 is 1.38 bits per heavy atom. The highest BCUT2D eigenvalue weighted by atomic mass is 19.1. The molecule has 0 aromatic carbocycles. The number of H-pyrrole nitrogens is 1. The predicted molar refractivity (Wildman–Crippen MR) is 121 cm³/mol. The summed E-state index contributed by atoms with van der Waals surface area (Å²) in [5.74, 6) is 1.25. The van der Waals surface area contributed by atoms with Crippen molar-refractivity contribution >= 4 is 34.4 Å². The predicted octanol–water partition coefficient (Wildman–Crippen LogP) is 3.33. The molecule has 2 unspecified atom stereocenters. The van der Waals surface area contributed by atoms with Gasteiger partial charge in [-0.1, -0.05) is 6.58 Å².